The van der Waals surface area contributed by atoms with Crippen molar-refractivity contribution in [3.05, 3.63) is 77.7 Å². The van der Waals surface area contributed by atoms with Crippen LogP contribution in [-0.4, -0.2) is 26.3 Å². The summed E-state index contributed by atoms with van der Waals surface area (Å²) in [7, 11) is 0. The number of nitrogens with one attached hydrogen (secondary N) is 1. The minimum atomic E-state index is 0.693. The molecule has 2 heterocycles. The zero-order valence-corrected chi connectivity index (χ0v) is 14.2. The van der Waals surface area contributed by atoms with Gasteiger partial charge in [-0.25, -0.2) is 14.6 Å². The monoisotopic (exact) mass is 349 g/mol. The summed E-state index contributed by atoms with van der Waals surface area (Å²) >= 11 is 5.96. The van der Waals surface area contributed by atoms with Crippen molar-refractivity contribution in [2.45, 2.75) is 6.42 Å². The molecule has 0 radical (unpaired) electrons. The summed E-state index contributed by atoms with van der Waals surface area (Å²) < 4.78 is 1.79. The molecular formula is C19H16ClN5. The molecule has 1 N–H and O–H groups in total. The lowest BCUT2D eigenvalue weighted by Crippen LogP contribution is -2.07. The Labute approximate surface area is 150 Å². The van der Waals surface area contributed by atoms with E-state index in [1.165, 1.54) is 5.56 Å². The van der Waals surface area contributed by atoms with E-state index in [-0.39, 0.29) is 0 Å². The highest BCUT2D eigenvalue weighted by Crippen LogP contribution is 2.22. The number of hydrogen-bond acceptors (Lipinski definition) is 4. The fourth-order valence-corrected chi connectivity index (χ4v) is 2.85. The lowest BCUT2D eigenvalue weighted by atomic mass is 10.1. The Morgan fingerprint density at radius 1 is 0.960 bits per heavy atom. The van der Waals surface area contributed by atoms with E-state index in [1.54, 1.807) is 17.2 Å². The van der Waals surface area contributed by atoms with Crippen molar-refractivity contribution in [1.82, 2.24) is 19.7 Å². The first kappa shape index (κ1) is 15.6. The maximum Gasteiger partial charge on any atom is 0.168 e. The van der Waals surface area contributed by atoms with Crippen molar-refractivity contribution in [2.75, 3.05) is 11.9 Å². The highest BCUT2D eigenvalue weighted by molar-refractivity contribution is 6.30. The van der Waals surface area contributed by atoms with E-state index >= 15 is 0 Å². The molecule has 2 aromatic carbocycles. The van der Waals surface area contributed by atoms with Crippen LogP contribution in [0.25, 0.3) is 16.7 Å². The van der Waals surface area contributed by atoms with E-state index in [4.69, 9.17) is 11.6 Å². The van der Waals surface area contributed by atoms with Gasteiger partial charge in [-0.1, -0.05) is 41.9 Å². The first-order valence-electron chi connectivity index (χ1n) is 8.04. The fourth-order valence-electron chi connectivity index (χ4n) is 2.73. The Bertz CT molecular complexity index is 980. The highest BCUT2D eigenvalue weighted by atomic mass is 35.5. The van der Waals surface area contributed by atoms with Gasteiger partial charge in [-0.2, -0.15) is 5.10 Å². The molecule has 0 amide bonds. The second-order valence-electron chi connectivity index (χ2n) is 5.65. The number of aromatic nitrogens is 4. The van der Waals surface area contributed by atoms with Gasteiger partial charge in [0.25, 0.3) is 0 Å². The van der Waals surface area contributed by atoms with Crippen molar-refractivity contribution >= 4 is 28.5 Å². The number of hydrogen-bond donors (Lipinski definition) is 1. The van der Waals surface area contributed by atoms with Crippen LogP contribution in [0, 0.1) is 0 Å². The predicted octanol–water partition coefficient (Wildman–Crippen LogP) is 4.12. The van der Waals surface area contributed by atoms with Crippen LogP contribution in [0.4, 0.5) is 5.82 Å². The molecule has 2 aromatic heterocycles. The van der Waals surface area contributed by atoms with Gasteiger partial charge >= 0.3 is 0 Å². The molecule has 124 valence electrons. The van der Waals surface area contributed by atoms with Gasteiger partial charge in [0.15, 0.2) is 5.65 Å². The zero-order valence-electron chi connectivity index (χ0n) is 13.4. The Kier molecular flexibility index (Phi) is 4.31. The van der Waals surface area contributed by atoms with E-state index in [9.17, 15) is 0 Å². The highest BCUT2D eigenvalue weighted by Gasteiger charge is 2.10. The smallest absolute Gasteiger partial charge is 0.168 e. The van der Waals surface area contributed by atoms with Gasteiger partial charge in [-0.15, -0.1) is 0 Å². The summed E-state index contributed by atoms with van der Waals surface area (Å²) in [6, 6.07) is 17.9. The van der Waals surface area contributed by atoms with Gasteiger partial charge < -0.3 is 5.32 Å². The molecule has 0 aliphatic rings. The molecule has 0 aliphatic heterocycles. The van der Waals surface area contributed by atoms with E-state index < -0.39 is 0 Å². The normalized spacial score (nSPS) is 10.9. The summed E-state index contributed by atoms with van der Waals surface area (Å²) in [5.41, 5.74) is 2.96. The Balaban J connectivity index is 1.57. The first-order chi connectivity index (χ1) is 12.3. The summed E-state index contributed by atoms with van der Waals surface area (Å²) in [6.07, 6.45) is 4.27. The van der Waals surface area contributed by atoms with Crippen LogP contribution in [0.3, 0.4) is 0 Å². The molecule has 0 unspecified atom stereocenters. The maximum atomic E-state index is 5.96. The SMILES string of the molecule is Clc1ccc(-n2ncc3c(NCCc4ccccc4)ncnc32)cc1. The number of benzene rings is 2. The Morgan fingerprint density at radius 2 is 1.76 bits per heavy atom. The molecule has 0 saturated carbocycles. The van der Waals surface area contributed by atoms with E-state index in [2.05, 4.69) is 32.5 Å². The molecule has 0 saturated heterocycles. The molecular weight excluding hydrogens is 334 g/mol. The van der Waals surface area contributed by atoms with Crippen molar-refractivity contribution in [2.24, 2.45) is 0 Å². The van der Waals surface area contributed by atoms with E-state index in [1.807, 2.05) is 42.5 Å². The quantitative estimate of drug-likeness (QED) is 0.588. The number of nitrogens with zero attached hydrogens (tertiary/aromatic N) is 4. The van der Waals surface area contributed by atoms with Crippen LogP contribution in [0.15, 0.2) is 67.1 Å². The van der Waals surface area contributed by atoms with Gasteiger partial charge in [0.1, 0.15) is 12.1 Å². The topological polar surface area (TPSA) is 55.6 Å². The summed E-state index contributed by atoms with van der Waals surface area (Å²) in [6.45, 7) is 0.794. The van der Waals surface area contributed by atoms with Crippen molar-refractivity contribution in [3.63, 3.8) is 0 Å². The molecule has 4 aromatic rings. The number of anilines is 1. The summed E-state index contributed by atoms with van der Waals surface area (Å²) in [4.78, 5) is 8.75. The van der Waals surface area contributed by atoms with Gasteiger partial charge in [0.05, 0.1) is 17.3 Å². The molecule has 0 aliphatic carbocycles. The van der Waals surface area contributed by atoms with Crippen molar-refractivity contribution in [3.8, 4) is 5.69 Å². The maximum absolute atomic E-state index is 5.96. The number of halogens is 1. The lowest BCUT2D eigenvalue weighted by molar-refractivity contribution is 0.895. The molecule has 4 rings (SSSR count). The molecule has 0 atom stereocenters. The third-order valence-electron chi connectivity index (χ3n) is 3.99. The van der Waals surface area contributed by atoms with E-state index in [0.29, 0.717) is 5.02 Å². The Hall–Kier alpha value is -2.92. The molecule has 5 nitrogen and oxygen atoms in total. The van der Waals surface area contributed by atoms with Crippen molar-refractivity contribution in [1.29, 1.82) is 0 Å². The third-order valence-corrected chi connectivity index (χ3v) is 4.24. The van der Waals surface area contributed by atoms with Crippen LogP contribution < -0.4 is 5.32 Å². The zero-order chi connectivity index (χ0) is 17.1. The fraction of sp³-hybridized carbons (Fsp3) is 0.105. The summed E-state index contributed by atoms with van der Waals surface area (Å²) in [5.74, 6) is 0.793. The van der Waals surface area contributed by atoms with E-state index in [0.717, 1.165) is 35.5 Å². The Morgan fingerprint density at radius 3 is 2.56 bits per heavy atom. The van der Waals surface area contributed by atoms with Gasteiger partial charge in [-0.05, 0) is 36.2 Å². The average molecular weight is 350 g/mol. The van der Waals surface area contributed by atoms with Crippen LogP contribution in [0.5, 0.6) is 0 Å². The molecule has 0 spiro atoms. The minimum Gasteiger partial charge on any atom is -0.369 e. The van der Waals surface area contributed by atoms with Crippen LogP contribution in [0.2, 0.25) is 5.02 Å². The van der Waals surface area contributed by atoms with Crippen LogP contribution in [-0.2, 0) is 6.42 Å². The predicted molar refractivity (Wildman–Crippen MR) is 100 cm³/mol. The second kappa shape index (κ2) is 6.91. The lowest BCUT2D eigenvalue weighted by Gasteiger charge is -2.07. The average Bonchev–Trinajstić information content (AvgIpc) is 3.08. The van der Waals surface area contributed by atoms with Gasteiger partial charge in [-0.3, -0.25) is 0 Å². The number of rotatable bonds is 5. The largest absolute Gasteiger partial charge is 0.369 e. The minimum absolute atomic E-state index is 0.693. The third kappa shape index (κ3) is 3.32. The molecule has 0 bridgehead atoms. The molecule has 0 fully saturated rings. The number of fused-ring (bicyclic) bond motifs is 1. The van der Waals surface area contributed by atoms with Gasteiger partial charge in [0.2, 0.25) is 0 Å². The summed E-state index contributed by atoms with van der Waals surface area (Å²) in [5, 5.41) is 9.42. The second-order valence-corrected chi connectivity index (χ2v) is 6.09. The standard InChI is InChI=1S/C19H16ClN5/c20-15-6-8-16(9-7-15)25-19-17(12-24-25)18(22-13-23-19)21-11-10-14-4-2-1-3-5-14/h1-9,12-13H,10-11H2,(H,21,22,23). The van der Waals surface area contributed by atoms with Crippen molar-refractivity contribution < 1.29 is 0 Å². The molecule has 25 heavy (non-hydrogen) atoms. The van der Waals surface area contributed by atoms with Crippen LogP contribution in [0.1, 0.15) is 5.56 Å². The molecule has 6 heteroatoms. The van der Waals surface area contributed by atoms with Gasteiger partial charge in [0, 0.05) is 11.6 Å². The first-order valence-corrected chi connectivity index (χ1v) is 8.41. The van der Waals surface area contributed by atoms with Crippen LogP contribution >= 0.6 is 11.6 Å².